The molecular weight excluding hydrogens is 393 g/mol. The lowest BCUT2D eigenvalue weighted by Crippen LogP contribution is -2.35. The predicted octanol–water partition coefficient (Wildman–Crippen LogP) is 4.18. The molecule has 4 N–H and O–H groups in total. The van der Waals surface area contributed by atoms with Crippen molar-refractivity contribution in [1.29, 1.82) is 0 Å². The quantitative estimate of drug-likeness (QED) is 0.371. The van der Waals surface area contributed by atoms with Crippen molar-refractivity contribution in [3.8, 4) is 11.1 Å². The standard InChI is InChI=1S/C22H29F3N4O/c1-6-21(3,30)16-8-7-14(2)19(12-16)18-10-9-17(22(23,24)25)11-15(18)13-29(5)20(26)28-27-4/h7-12,27,30H,6,13H2,1-5H3,(H2,26,28). The number of halogens is 3. The number of nitrogens with one attached hydrogen (secondary N) is 1. The van der Waals surface area contributed by atoms with E-state index < -0.39 is 17.3 Å². The molecule has 164 valence electrons. The first-order chi connectivity index (χ1) is 13.9. The summed E-state index contributed by atoms with van der Waals surface area (Å²) in [5.74, 6) is 0.153. The Balaban J connectivity index is 2.65. The van der Waals surface area contributed by atoms with Crippen molar-refractivity contribution in [3.63, 3.8) is 0 Å². The van der Waals surface area contributed by atoms with Crippen LogP contribution in [0.3, 0.4) is 0 Å². The van der Waals surface area contributed by atoms with Crippen LogP contribution in [0.2, 0.25) is 0 Å². The molecule has 0 aliphatic rings. The molecule has 8 heteroatoms. The van der Waals surface area contributed by atoms with E-state index in [1.165, 1.54) is 6.07 Å². The summed E-state index contributed by atoms with van der Waals surface area (Å²) in [7, 11) is 3.25. The molecule has 0 saturated heterocycles. The molecule has 0 spiro atoms. The second-order valence-corrected chi connectivity index (χ2v) is 7.58. The van der Waals surface area contributed by atoms with Gasteiger partial charge in [0.1, 0.15) is 0 Å². The summed E-state index contributed by atoms with van der Waals surface area (Å²) in [6.07, 6.45) is -3.95. The Morgan fingerprint density at radius 1 is 1.13 bits per heavy atom. The van der Waals surface area contributed by atoms with Crippen molar-refractivity contribution in [2.45, 2.75) is 45.5 Å². The monoisotopic (exact) mass is 422 g/mol. The number of aliphatic hydroxyl groups is 1. The van der Waals surface area contributed by atoms with E-state index in [0.717, 1.165) is 23.3 Å². The van der Waals surface area contributed by atoms with E-state index in [-0.39, 0.29) is 12.5 Å². The van der Waals surface area contributed by atoms with Gasteiger partial charge in [0, 0.05) is 20.6 Å². The molecule has 0 radical (unpaired) electrons. The summed E-state index contributed by atoms with van der Waals surface area (Å²) in [5, 5.41) is 14.5. The Hall–Kier alpha value is -2.74. The van der Waals surface area contributed by atoms with E-state index in [1.54, 1.807) is 25.9 Å². The van der Waals surface area contributed by atoms with Gasteiger partial charge in [0.2, 0.25) is 5.96 Å². The SMILES string of the molecule is CCC(C)(O)c1ccc(C)c(-c2ccc(C(F)(F)F)cc2CN(C)/C(N)=N/NC)c1. The Labute approximate surface area is 175 Å². The van der Waals surface area contributed by atoms with Gasteiger partial charge in [0.25, 0.3) is 0 Å². The largest absolute Gasteiger partial charge is 0.416 e. The molecule has 0 aliphatic heterocycles. The van der Waals surface area contributed by atoms with E-state index in [1.807, 2.05) is 32.0 Å². The van der Waals surface area contributed by atoms with Crippen LogP contribution in [0.1, 0.15) is 42.5 Å². The van der Waals surface area contributed by atoms with Crippen molar-refractivity contribution in [1.82, 2.24) is 10.3 Å². The lowest BCUT2D eigenvalue weighted by Gasteiger charge is -2.25. The van der Waals surface area contributed by atoms with Gasteiger partial charge >= 0.3 is 6.18 Å². The van der Waals surface area contributed by atoms with E-state index >= 15 is 0 Å². The van der Waals surface area contributed by atoms with Crippen LogP contribution in [0, 0.1) is 6.92 Å². The number of aryl methyl sites for hydroxylation is 1. The number of hydrogen-bond donors (Lipinski definition) is 3. The minimum atomic E-state index is -4.46. The van der Waals surface area contributed by atoms with E-state index in [2.05, 4.69) is 10.5 Å². The molecule has 2 aromatic rings. The first-order valence-electron chi connectivity index (χ1n) is 9.65. The van der Waals surface area contributed by atoms with Crippen LogP contribution in [0.15, 0.2) is 41.5 Å². The smallest absolute Gasteiger partial charge is 0.385 e. The van der Waals surface area contributed by atoms with Crippen molar-refractivity contribution in [2.24, 2.45) is 10.8 Å². The molecule has 1 unspecified atom stereocenters. The fourth-order valence-corrected chi connectivity index (χ4v) is 3.15. The predicted molar refractivity (Wildman–Crippen MR) is 114 cm³/mol. The summed E-state index contributed by atoms with van der Waals surface area (Å²) in [6.45, 7) is 5.62. The van der Waals surface area contributed by atoms with Gasteiger partial charge in [-0.2, -0.15) is 13.2 Å². The second-order valence-electron chi connectivity index (χ2n) is 7.58. The zero-order valence-corrected chi connectivity index (χ0v) is 17.9. The molecule has 0 heterocycles. The molecule has 1 atom stereocenters. The number of hydrazone groups is 1. The molecule has 2 aromatic carbocycles. The molecular formula is C22H29F3N4O. The van der Waals surface area contributed by atoms with Crippen molar-refractivity contribution < 1.29 is 18.3 Å². The highest BCUT2D eigenvalue weighted by molar-refractivity contribution is 5.78. The lowest BCUT2D eigenvalue weighted by atomic mass is 9.87. The Morgan fingerprint density at radius 2 is 1.77 bits per heavy atom. The molecule has 0 aliphatic carbocycles. The third-order valence-corrected chi connectivity index (χ3v) is 5.30. The highest BCUT2D eigenvalue weighted by Crippen LogP contribution is 2.36. The number of nitrogens with zero attached hydrogens (tertiary/aromatic N) is 2. The number of guanidine groups is 1. The Bertz CT molecular complexity index is 923. The molecule has 0 bridgehead atoms. The van der Waals surface area contributed by atoms with Crippen molar-refractivity contribution in [3.05, 3.63) is 58.7 Å². The second kappa shape index (κ2) is 8.95. The van der Waals surface area contributed by atoms with Gasteiger partial charge in [0.05, 0.1) is 11.2 Å². The number of rotatable bonds is 6. The van der Waals surface area contributed by atoms with Gasteiger partial charge in [-0.25, -0.2) is 0 Å². The molecule has 2 rings (SSSR count). The van der Waals surface area contributed by atoms with Gasteiger partial charge in [0.15, 0.2) is 0 Å². The summed E-state index contributed by atoms with van der Waals surface area (Å²) >= 11 is 0. The zero-order chi connectivity index (χ0) is 22.7. The molecule has 30 heavy (non-hydrogen) atoms. The minimum Gasteiger partial charge on any atom is -0.385 e. The van der Waals surface area contributed by atoms with E-state index in [9.17, 15) is 18.3 Å². The fourth-order valence-electron chi connectivity index (χ4n) is 3.15. The van der Waals surface area contributed by atoms with Crippen LogP contribution in [0.25, 0.3) is 11.1 Å². The van der Waals surface area contributed by atoms with Crippen LogP contribution in [0.4, 0.5) is 13.2 Å². The van der Waals surface area contributed by atoms with Crippen LogP contribution < -0.4 is 11.2 Å². The minimum absolute atomic E-state index is 0.129. The van der Waals surface area contributed by atoms with Gasteiger partial charge in [-0.1, -0.05) is 25.1 Å². The van der Waals surface area contributed by atoms with Crippen molar-refractivity contribution in [2.75, 3.05) is 14.1 Å². The van der Waals surface area contributed by atoms with Crippen LogP contribution in [-0.4, -0.2) is 30.1 Å². The Morgan fingerprint density at radius 3 is 2.33 bits per heavy atom. The zero-order valence-electron chi connectivity index (χ0n) is 17.9. The van der Waals surface area contributed by atoms with Gasteiger partial charge in [-0.05, 0) is 66.3 Å². The summed E-state index contributed by atoms with van der Waals surface area (Å²) in [4.78, 5) is 1.57. The van der Waals surface area contributed by atoms with Crippen LogP contribution >= 0.6 is 0 Å². The highest BCUT2D eigenvalue weighted by Gasteiger charge is 2.31. The molecule has 0 fully saturated rings. The maximum absolute atomic E-state index is 13.4. The molecule has 0 aromatic heterocycles. The average Bonchev–Trinajstić information content (AvgIpc) is 2.67. The fraction of sp³-hybridized carbons (Fsp3) is 0.409. The number of alkyl halides is 3. The third kappa shape index (κ3) is 5.24. The topological polar surface area (TPSA) is 73.9 Å². The summed E-state index contributed by atoms with van der Waals surface area (Å²) < 4.78 is 40.1. The Kier molecular flexibility index (Phi) is 7.02. The molecule has 0 saturated carbocycles. The average molecular weight is 422 g/mol. The first kappa shape index (κ1) is 23.5. The summed E-state index contributed by atoms with van der Waals surface area (Å²) in [5.41, 5.74) is 10.2. The highest BCUT2D eigenvalue weighted by atomic mass is 19.4. The van der Waals surface area contributed by atoms with Gasteiger partial charge < -0.3 is 21.2 Å². The van der Waals surface area contributed by atoms with Gasteiger partial charge in [-0.15, -0.1) is 5.10 Å². The number of benzene rings is 2. The maximum atomic E-state index is 13.4. The van der Waals surface area contributed by atoms with Crippen molar-refractivity contribution >= 4 is 5.96 Å². The number of hydrogen-bond acceptors (Lipinski definition) is 3. The maximum Gasteiger partial charge on any atom is 0.416 e. The number of nitrogens with two attached hydrogens (primary N) is 1. The molecule has 0 amide bonds. The lowest BCUT2D eigenvalue weighted by molar-refractivity contribution is -0.137. The summed E-state index contributed by atoms with van der Waals surface area (Å²) in [6, 6.07) is 9.25. The third-order valence-electron chi connectivity index (χ3n) is 5.30. The molecule has 5 nitrogen and oxygen atoms in total. The van der Waals surface area contributed by atoms with Crippen LogP contribution in [0.5, 0.6) is 0 Å². The first-order valence-corrected chi connectivity index (χ1v) is 9.65. The normalized spacial score (nSPS) is 14.4. The van der Waals surface area contributed by atoms with E-state index in [0.29, 0.717) is 23.1 Å². The van der Waals surface area contributed by atoms with E-state index in [4.69, 9.17) is 5.73 Å². The van der Waals surface area contributed by atoms with Gasteiger partial charge in [-0.3, -0.25) is 0 Å². The van der Waals surface area contributed by atoms with Crippen LogP contribution in [-0.2, 0) is 18.3 Å².